The van der Waals surface area contributed by atoms with Crippen LogP contribution in [-0.2, 0) is 6.42 Å². The average Bonchev–Trinajstić information content (AvgIpc) is 2.90. The quantitative estimate of drug-likeness (QED) is 0.306. The van der Waals surface area contributed by atoms with E-state index >= 15 is 0 Å². The third-order valence-corrected chi connectivity index (χ3v) is 6.45. The maximum absolute atomic E-state index is 13.7. The number of amides is 1. The van der Waals surface area contributed by atoms with Crippen molar-refractivity contribution >= 4 is 23.2 Å². The molecule has 0 spiro atoms. The van der Waals surface area contributed by atoms with Gasteiger partial charge < -0.3 is 23.8 Å². The normalized spacial score (nSPS) is 14.6. The lowest BCUT2D eigenvalue weighted by molar-refractivity contribution is -0.384. The molecular weight excluding hydrogens is 488 g/mol. The van der Waals surface area contributed by atoms with Gasteiger partial charge in [0.25, 0.3) is 11.6 Å². The molecule has 4 rings (SSSR count). The van der Waals surface area contributed by atoms with Crippen LogP contribution in [0.25, 0.3) is 0 Å². The van der Waals surface area contributed by atoms with Crippen molar-refractivity contribution in [1.29, 1.82) is 0 Å². The largest absolute Gasteiger partial charge is 0.493 e. The van der Waals surface area contributed by atoms with Crippen molar-refractivity contribution in [3.63, 3.8) is 0 Å². The zero-order chi connectivity index (χ0) is 25.8. The lowest BCUT2D eigenvalue weighted by Gasteiger charge is -2.38. The molecular formula is C26H25ClN2O7. The third kappa shape index (κ3) is 4.87. The summed E-state index contributed by atoms with van der Waals surface area (Å²) in [6.45, 7) is 0.446. The minimum atomic E-state index is -0.558. The molecule has 1 heterocycles. The van der Waals surface area contributed by atoms with Crippen molar-refractivity contribution in [2.45, 2.75) is 12.5 Å². The number of nitro benzene ring substituents is 1. The Morgan fingerprint density at radius 3 is 2.33 bits per heavy atom. The van der Waals surface area contributed by atoms with Crippen molar-refractivity contribution in [3.8, 4) is 23.0 Å². The molecule has 0 saturated heterocycles. The average molecular weight is 513 g/mol. The number of carbonyl (C=O) groups excluding carboxylic acids is 1. The Kier molecular flexibility index (Phi) is 7.49. The molecule has 0 saturated carbocycles. The number of halogens is 1. The van der Waals surface area contributed by atoms with Crippen LogP contribution in [0.5, 0.6) is 23.0 Å². The first-order valence-corrected chi connectivity index (χ1v) is 11.5. The smallest absolute Gasteiger partial charge is 0.270 e. The van der Waals surface area contributed by atoms with Gasteiger partial charge in [-0.15, -0.1) is 0 Å². The van der Waals surface area contributed by atoms with Crippen LogP contribution < -0.4 is 18.9 Å². The van der Waals surface area contributed by atoms with E-state index in [0.717, 1.165) is 11.1 Å². The number of nitro groups is 1. The summed E-state index contributed by atoms with van der Waals surface area (Å²) in [6.07, 6.45) is 0.541. The highest BCUT2D eigenvalue weighted by molar-refractivity contribution is 6.34. The number of carbonyl (C=O) groups is 1. The summed E-state index contributed by atoms with van der Waals surface area (Å²) in [5.74, 6) is 1.75. The number of hydrogen-bond donors (Lipinski definition) is 0. The van der Waals surface area contributed by atoms with Gasteiger partial charge in [-0.05, 0) is 47.9 Å². The van der Waals surface area contributed by atoms with Crippen LogP contribution >= 0.6 is 11.6 Å². The van der Waals surface area contributed by atoms with Crippen LogP contribution in [-0.4, -0.2) is 50.2 Å². The molecule has 1 atom stereocenters. The summed E-state index contributed by atoms with van der Waals surface area (Å²) < 4.78 is 22.5. The zero-order valence-electron chi connectivity index (χ0n) is 20.0. The highest BCUT2D eigenvalue weighted by Crippen LogP contribution is 2.40. The second-order valence-electron chi connectivity index (χ2n) is 8.05. The summed E-state index contributed by atoms with van der Waals surface area (Å²) in [4.78, 5) is 26.1. The summed E-state index contributed by atoms with van der Waals surface area (Å²) in [5.41, 5.74) is 1.64. The highest BCUT2D eigenvalue weighted by Gasteiger charge is 2.34. The van der Waals surface area contributed by atoms with Gasteiger partial charge in [0.1, 0.15) is 6.61 Å². The Hall–Kier alpha value is -3.98. The van der Waals surface area contributed by atoms with Crippen LogP contribution in [0.15, 0.2) is 54.6 Å². The molecule has 0 aliphatic carbocycles. The summed E-state index contributed by atoms with van der Waals surface area (Å²) in [7, 11) is 4.66. The fraction of sp³-hybridized carbons (Fsp3) is 0.269. The Morgan fingerprint density at radius 1 is 1.00 bits per heavy atom. The number of ether oxygens (including phenoxy) is 4. The number of rotatable bonds is 8. The van der Waals surface area contributed by atoms with Crippen molar-refractivity contribution in [2.75, 3.05) is 34.5 Å². The lowest BCUT2D eigenvalue weighted by atomic mass is 9.91. The molecule has 1 amide bonds. The summed E-state index contributed by atoms with van der Waals surface area (Å²) in [5, 5.41) is 11.5. The van der Waals surface area contributed by atoms with E-state index in [1.54, 1.807) is 38.4 Å². The van der Waals surface area contributed by atoms with Crippen molar-refractivity contribution < 1.29 is 28.7 Å². The Labute approximate surface area is 213 Å². The maximum atomic E-state index is 13.7. The molecule has 1 aliphatic rings. The zero-order valence-corrected chi connectivity index (χ0v) is 20.8. The fourth-order valence-corrected chi connectivity index (χ4v) is 4.50. The number of nitrogens with zero attached hydrogens (tertiary/aromatic N) is 2. The van der Waals surface area contributed by atoms with Gasteiger partial charge >= 0.3 is 0 Å². The summed E-state index contributed by atoms with van der Waals surface area (Å²) in [6, 6.07) is 14.2. The van der Waals surface area contributed by atoms with Crippen LogP contribution in [0, 0.1) is 10.1 Å². The van der Waals surface area contributed by atoms with Gasteiger partial charge in [0, 0.05) is 18.7 Å². The van der Waals surface area contributed by atoms with Crippen molar-refractivity contribution in [1.82, 2.24) is 4.90 Å². The summed E-state index contributed by atoms with van der Waals surface area (Å²) >= 11 is 6.31. The van der Waals surface area contributed by atoms with Gasteiger partial charge in [-0.1, -0.05) is 23.7 Å². The third-order valence-electron chi connectivity index (χ3n) is 6.12. The van der Waals surface area contributed by atoms with Crippen LogP contribution in [0.4, 0.5) is 5.69 Å². The minimum absolute atomic E-state index is 0.0529. The second kappa shape index (κ2) is 10.7. The molecule has 36 heavy (non-hydrogen) atoms. The number of benzene rings is 3. The predicted molar refractivity (Wildman–Crippen MR) is 134 cm³/mol. The lowest BCUT2D eigenvalue weighted by Crippen LogP contribution is -2.42. The first-order valence-electron chi connectivity index (χ1n) is 11.1. The Bertz CT molecular complexity index is 1300. The molecule has 0 aromatic heterocycles. The van der Waals surface area contributed by atoms with E-state index in [-0.39, 0.29) is 22.9 Å². The van der Waals surface area contributed by atoms with Gasteiger partial charge in [0.15, 0.2) is 23.0 Å². The van der Waals surface area contributed by atoms with E-state index in [2.05, 4.69) is 0 Å². The number of hydrogen-bond acceptors (Lipinski definition) is 7. The minimum Gasteiger partial charge on any atom is -0.493 e. The molecule has 3 aromatic carbocycles. The van der Waals surface area contributed by atoms with E-state index in [0.29, 0.717) is 36.0 Å². The molecule has 0 fully saturated rings. The van der Waals surface area contributed by atoms with Crippen LogP contribution in [0.2, 0.25) is 5.02 Å². The molecule has 0 radical (unpaired) electrons. The Morgan fingerprint density at radius 2 is 1.67 bits per heavy atom. The number of para-hydroxylation sites is 2. The number of non-ortho nitro benzene ring substituents is 1. The van der Waals surface area contributed by atoms with Gasteiger partial charge in [-0.2, -0.15) is 0 Å². The Balaban J connectivity index is 1.76. The molecule has 9 nitrogen and oxygen atoms in total. The first-order chi connectivity index (χ1) is 17.4. The van der Waals surface area contributed by atoms with Gasteiger partial charge in [0.05, 0.1) is 42.9 Å². The van der Waals surface area contributed by atoms with Gasteiger partial charge in [-0.3, -0.25) is 14.9 Å². The molecule has 1 aliphatic heterocycles. The SMILES string of the molecule is COc1cc2c(cc1OC)[C@@H](COc1ccccc1OC)N(C(=O)c1cc([N+](=O)[O-])ccc1Cl)CC2. The van der Waals surface area contributed by atoms with Gasteiger partial charge in [-0.25, -0.2) is 0 Å². The molecule has 0 unspecified atom stereocenters. The van der Waals surface area contributed by atoms with E-state index in [1.165, 1.54) is 18.2 Å². The van der Waals surface area contributed by atoms with E-state index < -0.39 is 16.9 Å². The van der Waals surface area contributed by atoms with E-state index in [9.17, 15) is 14.9 Å². The maximum Gasteiger partial charge on any atom is 0.270 e. The monoisotopic (exact) mass is 512 g/mol. The van der Waals surface area contributed by atoms with E-state index in [4.69, 9.17) is 30.5 Å². The molecule has 188 valence electrons. The molecule has 10 heteroatoms. The molecule has 0 N–H and O–H groups in total. The standard InChI is InChI=1S/C26H25ClN2O7/c1-33-22-6-4-5-7-23(22)36-15-21-18-14-25(35-3)24(34-2)12-16(18)10-11-28(21)26(30)19-13-17(29(31)32)8-9-20(19)27/h4-9,12-14,21H,10-11,15H2,1-3H3/t21-/m1/s1. The first kappa shape index (κ1) is 25.1. The van der Waals surface area contributed by atoms with Crippen LogP contribution in [0.3, 0.4) is 0 Å². The topological polar surface area (TPSA) is 100 Å². The fourth-order valence-electron chi connectivity index (χ4n) is 4.30. The number of methoxy groups -OCH3 is 3. The van der Waals surface area contributed by atoms with Crippen LogP contribution in [0.1, 0.15) is 27.5 Å². The van der Waals surface area contributed by atoms with Gasteiger partial charge in [0.2, 0.25) is 0 Å². The van der Waals surface area contributed by atoms with Crippen molar-refractivity contribution in [2.24, 2.45) is 0 Å². The van der Waals surface area contributed by atoms with E-state index in [1.807, 2.05) is 24.3 Å². The van der Waals surface area contributed by atoms with Crippen molar-refractivity contribution in [3.05, 3.63) is 86.4 Å². The number of fused-ring (bicyclic) bond motifs is 1. The molecule has 0 bridgehead atoms. The highest BCUT2D eigenvalue weighted by atomic mass is 35.5. The molecule has 3 aromatic rings. The predicted octanol–water partition coefficient (Wildman–Crippen LogP) is 5.09. The second-order valence-corrected chi connectivity index (χ2v) is 8.46.